The molecular formula is C21H24N6O3S2. The molecule has 0 aliphatic heterocycles. The Kier molecular flexibility index (Phi) is 5.32. The highest BCUT2D eigenvalue weighted by Crippen LogP contribution is 2.34. The van der Waals surface area contributed by atoms with E-state index in [1.807, 2.05) is 0 Å². The number of rotatable bonds is 5. The van der Waals surface area contributed by atoms with Crippen LogP contribution in [-0.2, 0) is 40.5 Å². The third-order valence-corrected chi connectivity index (χ3v) is 8.42. The molecule has 11 heteroatoms. The highest BCUT2D eigenvalue weighted by Gasteiger charge is 2.21. The van der Waals surface area contributed by atoms with Crippen molar-refractivity contribution in [1.29, 1.82) is 0 Å². The maximum absolute atomic E-state index is 13.0. The standard InChI is InChI=1S/C21H24N6O3S2/c1-24-11-22-16-15(24)19(29)27(21(30)25(16)2)9-6-10-31-20-23-17-14(18(28)26(20)3)12-7-4-5-8-13(12)32-17/h11H,4-10H2,1-3H3. The summed E-state index contributed by atoms with van der Waals surface area (Å²) in [6, 6.07) is 0. The lowest BCUT2D eigenvalue weighted by molar-refractivity contribution is 0.593. The lowest BCUT2D eigenvalue weighted by atomic mass is 9.97. The SMILES string of the molecule is Cn1c(SCCCn2c(=O)c3c(ncn3C)n(C)c2=O)nc2sc3c(c2c1=O)CCCC3. The van der Waals surface area contributed by atoms with Gasteiger partial charge in [-0.1, -0.05) is 11.8 Å². The van der Waals surface area contributed by atoms with Gasteiger partial charge in [0.1, 0.15) is 4.83 Å². The molecular weight excluding hydrogens is 448 g/mol. The zero-order valence-electron chi connectivity index (χ0n) is 18.3. The number of thioether (sulfide) groups is 1. The van der Waals surface area contributed by atoms with Crippen LogP contribution in [0.5, 0.6) is 0 Å². The summed E-state index contributed by atoms with van der Waals surface area (Å²) in [5.74, 6) is 0.635. The van der Waals surface area contributed by atoms with Crippen molar-refractivity contribution in [1.82, 2.24) is 28.2 Å². The van der Waals surface area contributed by atoms with E-state index in [1.165, 1.54) is 44.1 Å². The average molecular weight is 473 g/mol. The van der Waals surface area contributed by atoms with Gasteiger partial charge in [0.2, 0.25) is 0 Å². The van der Waals surface area contributed by atoms with Gasteiger partial charge in [-0.25, -0.2) is 14.8 Å². The lowest BCUT2D eigenvalue weighted by Gasteiger charge is -2.11. The molecule has 0 saturated carbocycles. The number of fused-ring (bicyclic) bond motifs is 4. The molecule has 0 amide bonds. The van der Waals surface area contributed by atoms with Gasteiger partial charge in [-0.3, -0.25) is 23.3 Å². The summed E-state index contributed by atoms with van der Waals surface area (Å²) in [5.41, 5.74) is 1.31. The van der Waals surface area contributed by atoms with Gasteiger partial charge in [0, 0.05) is 38.3 Å². The predicted molar refractivity (Wildman–Crippen MR) is 127 cm³/mol. The van der Waals surface area contributed by atoms with Crippen LogP contribution >= 0.6 is 23.1 Å². The molecule has 0 bridgehead atoms. The van der Waals surface area contributed by atoms with Crippen LogP contribution in [0, 0.1) is 0 Å². The molecule has 5 rings (SSSR count). The molecule has 9 nitrogen and oxygen atoms in total. The molecule has 0 radical (unpaired) electrons. The van der Waals surface area contributed by atoms with Crippen molar-refractivity contribution in [3.63, 3.8) is 0 Å². The Labute approximate surface area is 191 Å². The smallest absolute Gasteiger partial charge is 0.328 e. The van der Waals surface area contributed by atoms with Crippen LogP contribution in [0.3, 0.4) is 0 Å². The monoisotopic (exact) mass is 472 g/mol. The minimum Gasteiger partial charge on any atom is -0.328 e. The van der Waals surface area contributed by atoms with Crippen molar-refractivity contribution in [3.05, 3.63) is 48.0 Å². The second-order valence-corrected chi connectivity index (χ2v) is 10.3. The van der Waals surface area contributed by atoms with Gasteiger partial charge in [0.05, 0.1) is 11.7 Å². The van der Waals surface area contributed by atoms with E-state index in [0.717, 1.165) is 29.5 Å². The first kappa shape index (κ1) is 21.2. The topological polar surface area (TPSA) is 96.7 Å². The van der Waals surface area contributed by atoms with Crippen LogP contribution in [-0.4, -0.2) is 34.0 Å². The van der Waals surface area contributed by atoms with Crippen LogP contribution in [0.4, 0.5) is 0 Å². The van der Waals surface area contributed by atoms with E-state index >= 15 is 0 Å². The van der Waals surface area contributed by atoms with Crippen molar-refractivity contribution >= 4 is 44.5 Å². The molecule has 168 valence electrons. The first-order valence-electron chi connectivity index (χ1n) is 10.6. The number of nitrogens with zero attached hydrogens (tertiary/aromatic N) is 6. The van der Waals surface area contributed by atoms with E-state index in [0.29, 0.717) is 35.0 Å². The summed E-state index contributed by atoms with van der Waals surface area (Å²) >= 11 is 3.13. The van der Waals surface area contributed by atoms with E-state index in [9.17, 15) is 14.4 Å². The number of hydrogen-bond acceptors (Lipinski definition) is 7. The molecule has 0 saturated heterocycles. The Hall–Kier alpha value is -2.66. The maximum atomic E-state index is 13.0. The Balaban J connectivity index is 1.37. The Morgan fingerprint density at radius 2 is 1.84 bits per heavy atom. The summed E-state index contributed by atoms with van der Waals surface area (Å²) in [5, 5.41) is 1.46. The second-order valence-electron chi connectivity index (χ2n) is 8.18. The molecule has 0 spiro atoms. The first-order chi connectivity index (χ1) is 15.4. The molecule has 4 heterocycles. The molecule has 0 atom stereocenters. The molecule has 1 aliphatic carbocycles. The van der Waals surface area contributed by atoms with Crippen LogP contribution in [0.15, 0.2) is 25.9 Å². The van der Waals surface area contributed by atoms with Crippen LogP contribution in [0.1, 0.15) is 29.7 Å². The fourth-order valence-electron chi connectivity index (χ4n) is 4.38. The van der Waals surface area contributed by atoms with Crippen LogP contribution in [0.2, 0.25) is 0 Å². The van der Waals surface area contributed by atoms with Gasteiger partial charge in [0.25, 0.3) is 11.1 Å². The van der Waals surface area contributed by atoms with Crippen molar-refractivity contribution in [2.24, 2.45) is 21.1 Å². The molecule has 0 unspecified atom stereocenters. The van der Waals surface area contributed by atoms with Crippen molar-refractivity contribution in [2.75, 3.05) is 5.75 Å². The second kappa shape index (κ2) is 8.04. The van der Waals surface area contributed by atoms with Crippen molar-refractivity contribution in [2.45, 2.75) is 43.8 Å². The van der Waals surface area contributed by atoms with Gasteiger partial charge < -0.3 is 4.57 Å². The number of aryl methyl sites for hydroxylation is 4. The highest BCUT2D eigenvalue weighted by atomic mass is 32.2. The number of aromatic nitrogens is 6. The fraction of sp³-hybridized carbons (Fsp3) is 0.476. The third-order valence-electron chi connectivity index (χ3n) is 6.11. The number of imidazole rings is 1. The van der Waals surface area contributed by atoms with E-state index < -0.39 is 0 Å². The quantitative estimate of drug-likeness (QED) is 0.250. The van der Waals surface area contributed by atoms with Crippen molar-refractivity contribution < 1.29 is 0 Å². The zero-order valence-corrected chi connectivity index (χ0v) is 19.9. The van der Waals surface area contributed by atoms with Gasteiger partial charge in [-0.15, -0.1) is 11.3 Å². The zero-order chi connectivity index (χ0) is 22.6. The molecule has 0 fully saturated rings. The van der Waals surface area contributed by atoms with E-state index in [4.69, 9.17) is 4.98 Å². The molecule has 0 aromatic carbocycles. The minimum absolute atomic E-state index is 0.0173. The molecule has 1 aliphatic rings. The molecule has 0 N–H and O–H groups in total. The average Bonchev–Trinajstić information content (AvgIpc) is 3.35. The highest BCUT2D eigenvalue weighted by molar-refractivity contribution is 7.99. The van der Waals surface area contributed by atoms with Crippen LogP contribution in [0.25, 0.3) is 21.4 Å². The molecule has 32 heavy (non-hydrogen) atoms. The van der Waals surface area contributed by atoms with E-state index in [1.54, 1.807) is 41.6 Å². The molecule has 4 aromatic rings. The summed E-state index contributed by atoms with van der Waals surface area (Å²) in [7, 11) is 5.13. The Morgan fingerprint density at radius 3 is 2.66 bits per heavy atom. The Bertz CT molecular complexity index is 1540. The first-order valence-corrected chi connectivity index (χ1v) is 12.4. The van der Waals surface area contributed by atoms with Gasteiger partial charge >= 0.3 is 5.69 Å². The fourth-order valence-corrected chi connectivity index (χ4v) is 6.57. The van der Waals surface area contributed by atoms with E-state index in [2.05, 4.69) is 4.98 Å². The largest absolute Gasteiger partial charge is 0.332 e. The summed E-state index contributed by atoms with van der Waals surface area (Å²) < 4.78 is 5.93. The summed E-state index contributed by atoms with van der Waals surface area (Å²) in [6.07, 6.45) is 6.43. The minimum atomic E-state index is -0.373. The predicted octanol–water partition coefficient (Wildman–Crippen LogP) is 1.80. The summed E-state index contributed by atoms with van der Waals surface area (Å²) in [6.45, 7) is 0.295. The van der Waals surface area contributed by atoms with Gasteiger partial charge in [0.15, 0.2) is 16.3 Å². The lowest BCUT2D eigenvalue weighted by Crippen LogP contribution is -2.39. The summed E-state index contributed by atoms with van der Waals surface area (Å²) in [4.78, 5) is 49.5. The third kappa shape index (κ3) is 3.25. The Morgan fingerprint density at radius 1 is 1.06 bits per heavy atom. The van der Waals surface area contributed by atoms with Crippen molar-refractivity contribution in [3.8, 4) is 0 Å². The van der Waals surface area contributed by atoms with E-state index in [-0.39, 0.29) is 16.8 Å². The van der Waals surface area contributed by atoms with Gasteiger partial charge in [-0.05, 0) is 37.7 Å². The van der Waals surface area contributed by atoms with Crippen LogP contribution < -0.4 is 16.8 Å². The van der Waals surface area contributed by atoms with Gasteiger partial charge in [-0.2, -0.15) is 0 Å². The molecule has 4 aromatic heterocycles. The number of thiophene rings is 1. The maximum Gasteiger partial charge on any atom is 0.332 e. The number of hydrogen-bond donors (Lipinski definition) is 0. The normalized spacial score (nSPS) is 13.8.